The van der Waals surface area contributed by atoms with E-state index < -0.39 is 0 Å². The van der Waals surface area contributed by atoms with Gasteiger partial charge < -0.3 is 4.74 Å². The SMILES string of the molecule is CC(C)(CCOc1ccccc1)Cc1ccccc1. The zero-order valence-electron chi connectivity index (χ0n) is 11.8. The van der Waals surface area contributed by atoms with Crippen molar-refractivity contribution in [1.82, 2.24) is 0 Å². The van der Waals surface area contributed by atoms with Crippen molar-refractivity contribution < 1.29 is 4.74 Å². The first-order valence-corrected chi connectivity index (χ1v) is 6.87. The summed E-state index contributed by atoms with van der Waals surface area (Å²) in [5.74, 6) is 0.956. The molecule has 0 aliphatic rings. The van der Waals surface area contributed by atoms with E-state index in [0.29, 0.717) is 0 Å². The van der Waals surface area contributed by atoms with Crippen LogP contribution in [0.3, 0.4) is 0 Å². The minimum Gasteiger partial charge on any atom is -0.494 e. The number of para-hydroxylation sites is 1. The molecular weight excluding hydrogens is 232 g/mol. The third-order valence-electron chi connectivity index (χ3n) is 3.32. The predicted molar refractivity (Wildman–Crippen MR) is 80.5 cm³/mol. The Morgan fingerprint density at radius 1 is 0.842 bits per heavy atom. The number of benzene rings is 2. The predicted octanol–water partition coefficient (Wildman–Crippen LogP) is 4.72. The molecule has 0 aliphatic carbocycles. The van der Waals surface area contributed by atoms with Gasteiger partial charge in [0.05, 0.1) is 6.61 Å². The summed E-state index contributed by atoms with van der Waals surface area (Å²) < 4.78 is 5.78. The largest absolute Gasteiger partial charge is 0.494 e. The maximum Gasteiger partial charge on any atom is 0.119 e. The van der Waals surface area contributed by atoms with Crippen molar-refractivity contribution in [2.24, 2.45) is 5.41 Å². The van der Waals surface area contributed by atoms with Crippen molar-refractivity contribution in [2.75, 3.05) is 6.61 Å². The standard InChI is InChI=1S/C18H22O/c1-18(2,15-16-9-5-3-6-10-16)13-14-19-17-11-7-4-8-12-17/h3-12H,13-15H2,1-2H3. The normalized spacial score (nSPS) is 11.3. The highest BCUT2D eigenvalue weighted by molar-refractivity contribution is 5.21. The summed E-state index contributed by atoms with van der Waals surface area (Å²) in [6.07, 6.45) is 2.14. The van der Waals surface area contributed by atoms with Gasteiger partial charge in [-0.3, -0.25) is 0 Å². The van der Waals surface area contributed by atoms with Crippen LogP contribution in [0.15, 0.2) is 60.7 Å². The van der Waals surface area contributed by atoms with Crippen molar-refractivity contribution in [3.05, 3.63) is 66.2 Å². The van der Waals surface area contributed by atoms with Gasteiger partial charge in [0.25, 0.3) is 0 Å². The van der Waals surface area contributed by atoms with Crippen LogP contribution in [0, 0.1) is 5.41 Å². The molecule has 0 saturated carbocycles. The van der Waals surface area contributed by atoms with Crippen LogP contribution in [-0.2, 0) is 6.42 Å². The van der Waals surface area contributed by atoms with Crippen molar-refractivity contribution >= 4 is 0 Å². The van der Waals surface area contributed by atoms with E-state index in [2.05, 4.69) is 44.2 Å². The fourth-order valence-electron chi connectivity index (χ4n) is 2.20. The molecule has 0 aliphatic heterocycles. The fourth-order valence-corrected chi connectivity index (χ4v) is 2.20. The van der Waals surface area contributed by atoms with Gasteiger partial charge >= 0.3 is 0 Å². The molecule has 0 unspecified atom stereocenters. The van der Waals surface area contributed by atoms with Gasteiger partial charge in [0.2, 0.25) is 0 Å². The lowest BCUT2D eigenvalue weighted by atomic mass is 9.83. The van der Waals surface area contributed by atoms with Gasteiger partial charge in [0.15, 0.2) is 0 Å². The van der Waals surface area contributed by atoms with Crippen LogP contribution in [0.25, 0.3) is 0 Å². The average molecular weight is 254 g/mol. The molecule has 0 heterocycles. The molecule has 1 heteroatoms. The molecule has 100 valence electrons. The summed E-state index contributed by atoms with van der Waals surface area (Å²) in [4.78, 5) is 0. The van der Waals surface area contributed by atoms with Crippen LogP contribution in [0.1, 0.15) is 25.8 Å². The van der Waals surface area contributed by atoms with E-state index in [9.17, 15) is 0 Å². The Bertz CT molecular complexity index is 474. The molecule has 0 spiro atoms. The van der Waals surface area contributed by atoms with Crippen LogP contribution in [0.4, 0.5) is 0 Å². The zero-order chi connectivity index (χ0) is 13.6. The number of ether oxygens (including phenoxy) is 1. The first kappa shape index (κ1) is 13.7. The quantitative estimate of drug-likeness (QED) is 0.724. The van der Waals surface area contributed by atoms with Crippen LogP contribution >= 0.6 is 0 Å². The van der Waals surface area contributed by atoms with Gasteiger partial charge in [-0.2, -0.15) is 0 Å². The Labute approximate surface area is 116 Å². The summed E-state index contributed by atoms with van der Waals surface area (Å²) in [7, 11) is 0. The molecule has 2 rings (SSSR count). The van der Waals surface area contributed by atoms with Crippen molar-refractivity contribution in [2.45, 2.75) is 26.7 Å². The van der Waals surface area contributed by atoms with E-state index in [1.54, 1.807) is 0 Å². The van der Waals surface area contributed by atoms with Crippen LogP contribution in [-0.4, -0.2) is 6.61 Å². The van der Waals surface area contributed by atoms with E-state index in [4.69, 9.17) is 4.74 Å². The topological polar surface area (TPSA) is 9.23 Å². The van der Waals surface area contributed by atoms with Gasteiger partial charge in [0.1, 0.15) is 5.75 Å². The van der Waals surface area contributed by atoms with E-state index in [-0.39, 0.29) is 5.41 Å². The first-order chi connectivity index (χ1) is 9.16. The highest BCUT2D eigenvalue weighted by Crippen LogP contribution is 2.26. The van der Waals surface area contributed by atoms with Crippen LogP contribution in [0.2, 0.25) is 0 Å². The fraction of sp³-hybridized carbons (Fsp3) is 0.333. The van der Waals surface area contributed by atoms with Crippen molar-refractivity contribution in [3.63, 3.8) is 0 Å². The molecular formula is C18H22O. The zero-order valence-corrected chi connectivity index (χ0v) is 11.8. The van der Waals surface area contributed by atoms with Gasteiger partial charge in [-0.05, 0) is 36.0 Å². The number of rotatable bonds is 6. The monoisotopic (exact) mass is 254 g/mol. The Morgan fingerprint density at radius 3 is 2.05 bits per heavy atom. The molecule has 19 heavy (non-hydrogen) atoms. The molecule has 0 amide bonds. The average Bonchev–Trinajstić information content (AvgIpc) is 2.40. The van der Waals surface area contributed by atoms with E-state index in [1.807, 2.05) is 30.3 Å². The van der Waals surface area contributed by atoms with Gasteiger partial charge in [-0.15, -0.1) is 0 Å². The number of hydrogen-bond acceptors (Lipinski definition) is 1. The molecule has 1 nitrogen and oxygen atoms in total. The number of hydrogen-bond donors (Lipinski definition) is 0. The smallest absolute Gasteiger partial charge is 0.119 e. The highest BCUT2D eigenvalue weighted by atomic mass is 16.5. The maximum absolute atomic E-state index is 5.78. The molecule has 2 aromatic carbocycles. The third kappa shape index (κ3) is 4.78. The molecule has 0 N–H and O–H groups in total. The third-order valence-corrected chi connectivity index (χ3v) is 3.32. The Kier molecular flexibility index (Phi) is 4.62. The van der Waals surface area contributed by atoms with Crippen LogP contribution in [0.5, 0.6) is 5.75 Å². The highest BCUT2D eigenvalue weighted by Gasteiger charge is 2.18. The Hall–Kier alpha value is -1.76. The second-order valence-corrected chi connectivity index (χ2v) is 5.74. The molecule has 0 fully saturated rings. The Balaban J connectivity index is 1.81. The van der Waals surface area contributed by atoms with Crippen molar-refractivity contribution in [1.29, 1.82) is 0 Å². The molecule has 0 saturated heterocycles. The second kappa shape index (κ2) is 6.42. The van der Waals surface area contributed by atoms with Gasteiger partial charge in [-0.1, -0.05) is 62.4 Å². The van der Waals surface area contributed by atoms with Crippen molar-refractivity contribution in [3.8, 4) is 5.75 Å². The minimum absolute atomic E-state index is 0.260. The summed E-state index contributed by atoms with van der Waals surface area (Å²) in [5, 5.41) is 0. The molecule has 0 radical (unpaired) electrons. The molecule has 0 aromatic heterocycles. The molecule has 2 aromatic rings. The summed E-state index contributed by atoms with van der Waals surface area (Å²) in [6, 6.07) is 20.7. The summed E-state index contributed by atoms with van der Waals surface area (Å²) in [5.41, 5.74) is 1.66. The molecule has 0 bridgehead atoms. The second-order valence-electron chi connectivity index (χ2n) is 5.74. The van der Waals surface area contributed by atoms with Crippen LogP contribution < -0.4 is 4.74 Å². The first-order valence-electron chi connectivity index (χ1n) is 6.87. The van der Waals surface area contributed by atoms with E-state index in [0.717, 1.165) is 25.2 Å². The van der Waals surface area contributed by atoms with E-state index in [1.165, 1.54) is 5.56 Å². The maximum atomic E-state index is 5.78. The summed E-state index contributed by atoms with van der Waals surface area (Å²) >= 11 is 0. The lowest BCUT2D eigenvalue weighted by Gasteiger charge is -2.24. The summed E-state index contributed by atoms with van der Waals surface area (Å²) in [6.45, 7) is 5.37. The lowest BCUT2D eigenvalue weighted by molar-refractivity contribution is 0.227. The Morgan fingerprint density at radius 2 is 1.42 bits per heavy atom. The lowest BCUT2D eigenvalue weighted by Crippen LogP contribution is -2.18. The van der Waals surface area contributed by atoms with Gasteiger partial charge in [0, 0.05) is 0 Å². The van der Waals surface area contributed by atoms with E-state index >= 15 is 0 Å². The van der Waals surface area contributed by atoms with Gasteiger partial charge in [-0.25, -0.2) is 0 Å². The minimum atomic E-state index is 0.260. The molecule has 0 atom stereocenters.